The van der Waals surface area contributed by atoms with Crippen molar-refractivity contribution in [3.63, 3.8) is 0 Å². The van der Waals surface area contributed by atoms with E-state index in [1.54, 1.807) is 13.0 Å². The molecule has 1 aromatic carbocycles. The van der Waals surface area contributed by atoms with Gasteiger partial charge in [-0.3, -0.25) is 0 Å². The molecule has 9 heteroatoms. The summed E-state index contributed by atoms with van der Waals surface area (Å²) < 4.78 is 43.4. The molecule has 0 aliphatic carbocycles. The summed E-state index contributed by atoms with van der Waals surface area (Å²) in [5.41, 5.74) is 1.15. The molecular weight excluding hydrogens is 315 g/mol. The Bertz CT molecular complexity index is 671. The number of piperazine rings is 1. The highest BCUT2D eigenvalue weighted by Gasteiger charge is 2.22. The van der Waals surface area contributed by atoms with E-state index in [9.17, 15) is 17.1 Å². The Kier molecular flexibility index (Phi) is 4.87. The van der Waals surface area contributed by atoms with Gasteiger partial charge >= 0.3 is 16.5 Å². The third-order valence-corrected chi connectivity index (χ3v) is 3.78. The number of anilines is 1. The minimum Gasteiger partial charge on any atom is -0.465 e. The number of ether oxygens (including phenoxy) is 1. The third kappa shape index (κ3) is 3.86. The first-order chi connectivity index (χ1) is 10.3. The molecule has 1 aliphatic heterocycles. The van der Waals surface area contributed by atoms with Crippen LogP contribution < -0.4 is 14.4 Å². The lowest BCUT2D eigenvalue weighted by Crippen LogP contribution is -2.43. The maximum Gasteiger partial charge on any atom is 0.488 e. The fourth-order valence-corrected chi connectivity index (χ4v) is 2.72. The predicted octanol–water partition coefficient (Wildman–Crippen LogP) is 0.784. The van der Waals surface area contributed by atoms with Crippen molar-refractivity contribution in [2.45, 2.75) is 6.92 Å². The van der Waals surface area contributed by atoms with Gasteiger partial charge in [-0.15, -0.1) is 0 Å². The number of nitrogens with one attached hydrogen (secondary N) is 1. The molecule has 1 aliphatic rings. The SMILES string of the molecule is COC(=O)c1cc(OS(=O)(=O)F)c(C)c(N2CCNCC2)c1. The van der Waals surface area contributed by atoms with E-state index in [-0.39, 0.29) is 11.3 Å². The van der Waals surface area contributed by atoms with Crippen LogP contribution in [0.4, 0.5) is 9.57 Å². The molecule has 0 unspecified atom stereocenters. The van der Waals surface area contributed by atoms with E-state index in [4.69, 9.17) is 0 Å². The van der Waals surface area contributed by atoms with Crippen LogP contribution in [0.15, 0.2) is 12.1 Å². The Morgan fingerprint density at radius 2 is 1.95 bits per heavy atom. The van der Waals surface area contributed by atoms with Crippen LogP contribution in [0, 0.1) is 6.92 Å². The average Bonchev–Trinajstić information content (AvgIpc) is 2.48. The van der Waals surface area contributed by atoms with Gasteiger partial charge < -0.3 is 19.1 Å². The smallest absolute Gasteiger partial charge is 0.465 e. The van der Waals surface area contributed by atoms with Gasteiger partial charge in [0.25, 0.3) is 0 Å². The van der Waals surface area contributed by atoms with Crippen LogP contribution >= 0.6 is 0 Å². The van der Waals surface area contributed by atoms with E-state index in [1.807, 2.05) is 4.90 Å². The Morgan fingerprint density at radius 3 is 2.50 bits per heavy atom. The summed E-state index contributed by atoms with van der Waals surface area (Å²) in [6.07, 6.45) is 0. The molecule has 0 aromatic heterocycles. The Morgan fingerprint density at radius 1 is 1.32 bits per heavy atom. The highest BCUT2D eigenvalue weighted by molar-refractivity contribution is 7.81. The van der Waals surface area contributed by atoms with E-state index in [0.717, 1.165) is 19.2 Å². The molecule has 0 spiro atoms. The fourth-order valence-electron chi connectivity index (χ4n) is 2.34. The first kappa shape index (κ1) is 16.5. The number of benzene rings is 1. The van der Waals surface area contributed by atoms with Gasteiger partial charge in [-0.25, -0.2) is 4.79 Å². The monoisotopic (exact) mass is 332 g/mol. The summed E-state index contributed by atoms with van der Waals surface area (Å²) in [5, 5.41) is 3.18. The molecule has 122 valence electrons. The molecule has 2 rings (SSSR count). The summed E-state index contributed by atoms with van der Waals surface area (Å²) in [5.74, 6) is -0.878. The number of carbonyl (C=O) groups is 1. The van der Waals surface area contributed by atoms with Crippen LogP contribution in [0.2, 0.25) is 0 Å². The maximum absolute atomic E-state index is 12.9. The number of hydrogen-bond acceptors (Lipinski definition) is 7. The van der Waals surface area contributed by atoms with Gasteiger partial charge in [0.05, 0.1) is 12.7 Å². The Labute approximate surface area is 128 Å². The van der Waals surface area contributed by atoms with Crippen molar-refractivity contribution in [3.05, 3.63) is 23.3 Å². The number of hydrogen-bond donors (Lipinski definition) is 1. The summed E-state index contributed by atoms with van der Waals surface area (Å²) >= 11 is 0. The first-order valence-electron chi connectivity index (χ1n) is 6.64. The van der Waals surface area contributed by atoms with E-state index >= 15 is 0 Å². The zero-order valence-corrected chi connectivity index (χ0v) is 13.1. The van der Waals surface area contributed by atoms with Crippen LogP contribution in [-0.4, -0.2) is 47.7 Å². The topological polar surface area (TPSA) is 84.9 Å². The molecule has 1 heterocycles. The second-order valence-corrected chi connectivity index (χ2v) is 5.78. The fraction of sp³-hybridized carbons (Fsp3) is 0.462. The number of esters is 1. The third-order valence-electron chi connectivity index (χ3n) is 3.40. The number of halogens is 1. The second kappa shape index (κ2) is 6.49. The molecule has 7 nitrogen and oxygen atoms in total. The highest BCUT2D eigenvalue weighted by atomic mass is 32.3. The lowest BCUT2D eigenvalue weighted by molar-refractivity contribution is 0.0600. The van der Waals surface area contributed by atoms with Crippen molar-refractivity contribution in [3.8, 4) is 5.75 Å². The number of rotatable bonds is 4. The number of carbonyl (C=O) groups excluding carboxylic acids is 1. The minimum atomic E-state index is -5.18. The zero-order valence-electron chi connectivity index (χ0n) is 12.3. The summed E-state index contributed by atoms with van der Waals surface area (Å²) in [7, 11) is -3.97. The maximum atomic E-state index is 12.9. The minimum absolute atomic E-state index is 0.0975. The molecule has 0 bridgehead atoms. The van der Waals surface area contributed by atoms with Gasteiger partial charge in [0.1, 0.15) is 0 Å². The van der Waals surface area contributed by atoms with Gasteiger partial charge in [0.15, 0.2) is 5.75 Å². The van der Waals surface area contributed by atoms with Crippen LogP contribution in [0.5, 0.6) is 5.75 Å². The lowest BCUT2D eigenvalue weighted by Gasteiger charge is -2.31. The quantitative estimate of drug-likeness (QED) is 0.644. The Hall–Kier alpha value is -1.87. The van der Waals surface area contributed by atoms with Crippen LogP contribution in [0.25, 0.3) is 0 Å². The Balaban J connectivity index is 2.50. The van der Waals surface area contributed by atoms with E-state index in [2.05, 4.69) is 14.2 Å². The molecule has 0 saturated carbocycles. The average molecular weight is 332 g/mol. The van der Waals surface area contributed by atoms with Crippen LogP contribution in [-0.2, 0) is 15.2 Å². The van der Waals surface area contributed by atoms with Crippen molar-refractivity contribution in [2.75, 3.05) is 38.2 Å². The first-order valence-corrected chi connectivity index (χ1v) is 7.95. The molecular formula is C13H17FN2O5S. The van der Waals surface area contributed by atoms with Crippen molar-refractivity contribution in [1.82, 2.24) is 5.32 Å². The summed E-state index contributed by atoms with van der Waals surface area (Å²) in [4.78, 5) is 13.7. The zero-order chi connectivity index (χ0) is 16.3. The van der Waals surface area contributed by atoms with Crippen molar-refractivity contribution in [2.24, 2.45) is 0 Å². The van der Waals surface area contributed by atoms with Gasteiger partial charge in [-0.1, -0.05) is 3.89 Å². The van der Waals surface area contributed by atoms with E-state index in [0.29, 0.717) is 24.3 Å². The van der Waals surface area contributed by atoms with Crippen LogP contribution in [0.1, 0.15) is 15.9 Å². The lowest BCUT2D eigenvalue weighted by atomic mass is 10.1. The molecule has 0 amide bonds. The van der Waals surface area contributed by atoms with Crippen molar-refractivity contribution >= 4 is 22.2 Å². The largest absolute Gasteiger partial charge is 0.488 e. The summed E-state index contributed by atoms with van der Waals surface area (Å²) in [6, 6.07) is 2.74. The molecule has 1 aromatic rings. The molecule has 1 fully saturated rings. The van der Waals surface area contributed by atoms with E-state index < -0.39 is 16.5 Å². The van der Waals surface area contributed by atoms with Gasteiger partial charge in [0, 0.05) is 37.4 Å². The second-order valence-electron chi connectivity index (χ2n) is 4.82. The molecule has 0 radical (unpaired) electrons. The standard InChI is InChI=1S/C13H17FN2O5S/c1-9-11(16-5-3-15-4-6-16)7-10(13(17)20-2)8-12(9)21-22(14,18)19/h7-8,15H,3-6H2,1-2H3. The highest BCUT2D eigenvalue weighted by Crippen LogP contribution is 2.32. The van der Waals surface area contributed by atoms with Gasteiger partial charge in [-0.2, -0.15) is 8.42 Å². The van der Waals surface area contributed by atoms with Crippen molar-refractivity contribution in [1.29, 1.82) is 0 Å². The predicted molar refractivity (Wildman–Crippen MR) is 78.3 cm³/mol. The molecule has 22 heavy (non-hydrogen) atoms. The number of nitrogens with zero attached hydrogens (tertiary/aromatic N) is 1. The molecule has 0 atom stereocenters. The summed E-state index contributed by atoms with van der Waals surface area (Å²) in [6.45, 7) is 4.46. The normalized spacial score (nSPS) is 15.5. The van der Waals surface area contributed by atoms with E-state index in [1.165, 1.54) is 7.11 Å². The molecule has 1 saturated heterocycles. The molecule has 1 N–H and O–H groups in total. The van der Waals surface area contributed by atoms with Gasteiger partial charge in [-0.05, 0) is 19.1 Å². The van der Waals surface area contributed by atoms with Crippen molar-refractivity contribution < 1.29 is 26.0 Å². The number of methoxy groups -OCH3 is 1. The van der Waals surface area contributed by atoms with Gasteiger partial charge in [0.2, 0.25) is 0 Å². The van der Waals surface area contributed by atoms with Crippen LogP contribution in [0.3, 0.4) is 0 Å².